The third-order valence-corrected chi connectivity index (χ3v) is 2.60. The van der Waals surface area contributed by atoms with Crippen LogP contribution in [0.25, 0.3) is 11.1 Å². The number of ether oxygens (including phenoxy) is 2. The van der Waals surface area contributed by atoms with Gasteiger partial charge in [-0.3, -0.25) is 0 Å². The third-order valence-electron chi connectivity index (χ3n) is 2.60. The SMILES string of the molecule is CNc1ncc(-c2ccc(OC)cc2OC)cn1. The van der Waals surface area contributed by atoms with Crippen LogP contribution in [0.5, 0.6) is 11.5 Å². The fourth-order valence-corrected chi connectivity index (χ4v) is 1.63. The summed E-state index contributed by atoms with van der Waals surface area (Å²) in [5.74, 6) is 2.07. The van der Waals surface area contributed by atoms with Gasteiger partial charge in [0.25, 0.3) is 0 Å². The lowest BCUT2D eigenvalue weighted by molar-refractivity contribution is 0.395. The maximum atomic E-state index is 5.35. The zero-order chi connectivity index (χ0) is 13.0. The van der Waals surface area contributed by atoms with Gasteiger partial charge in [0.1, 0.15) is 11.5 Å². The predicted molar refractivity (Wildman–Crippen MR) is 70.1 cm³/mol. The van der Waals surface area contributed by atoms with E-state index in [9.17, 15) is 0 Å². The van der Waals surface area contributed by atoms with Gasteiger partial charge in [0.2, 0.25) is 5.95 Å². The van der Waals surface area contributed by atoms with Crippen molar-refractivity contribution in [3.8, 4) is 22.6 Å². The van der Waals surface area contributed by atoms with Crippen LogP contribution in [0.15, 0.2) is 30.6 Å². The Balaban J connectivity index is 2.42. The monoisotopic (exact) mass is 245 g/mol. The van der Waals surface area contributed by atoms with Crippen LogP contribution in [-0.2, 0) is 0 Å². The van der Waals surface area contributed by atoms with E-state index in [2.05, 4.69) is 15.3 Å². The van der Waals surface area contributed by atoms with E-state index in [4.69, 9.17) is 9.47 Å². The van der Waals surface area contributed by atoms with E-state index in [0.717, 1.165) is 22.6 Å². The number of benzene rings is 1. The topological polar surface area (TPSA) is 56.3 Å². The summed E-state index contributed by atoms with van der Waals surface area (Å²) in [5.41, 5.74) is 1.83. The molecule has 0 fully saturated rings. The number of methoxy groups -OCH3 is 2. The first-order chi connectivity index (χ1) is 8.78. The molecule has 0 saturated carbocycles. The Labute approximate surface area is 106 Å². The van der Waals surface area contributed by atoms with Crippen molar-refractivity contribution in [1.29, 1.82) is 0 Å². The molecule has 18 heavy (non-hydrogen) atoms. The van der Waals surface area contributed by atoms with Crippen LogP contribution in [0.2, 0.25) is 0 Å². The number of aromatic nitrogens is 2. The Morgan fingerprint density at radius 2 is 1.78 bits per heavy atom. The summed E-state index contributed by atoms with van der Waals surface area (Å²) < 4.78 is 10.5. The zero-order valence-electron chi connectivity index (χ0n) is 10.6. The molecular weight excluding hydrogens is 230 g/mol. The third kappa shape index (κ3) is 2.34. The second-order valence-electron chi connectivity index (χ2n) is 3.61. The van der Waals surface area contributed by atoms with Gasteiger partial charge < -0.3 is 14.8 Å². The van der Waals surface area contributed by atoms with Gasteiger partial charge in [0.15, 0.2) is 0 Å². The van der Waals surface area contributed by atoms with Gasteiger partial charge in [0, 0.05) is 36.6 Å². The van der Waals surface area contributed by atoms with Crippen molar-refractivity contribution in [3.63, 3.8) is 0 Å². The molecule has 0 radical (unpaired) electrons. The second-order valence-corrected chi connectivity index (χ2v) is 3.61. The van der Waals surface area contributed by atoms with Crippen LogP contribution in [0.4, 0.5) is 5.95 Å². The van der Waals surface area contributed by atoms with Crippen LogP contribution < -0.4 is 14.8 Å². The average molecular weight is 245 g/mol. The van der Waals surface area contributed by atoms with Crippen LogP contribution in [0, 0.1) is 0 Å². The molecule has 0 saturated heterocycles. The molecule has 1 aromatic heterocycles. The summed E-state index contributed by atoms with van der Waals surface area (Å²) in [6.45, 7) is 0. The fourth-order valence-electron chi connectivity index (χ4n) is 1.63. The molecule has 0 bridgehead atoms. The normalized spacial score (nSPS) is 9.94. The minimum Gasteiger partial charge on any atom is -0.497 e. The van der Waals surface area contributed by atoms with Gasteiger partial charge in [-0.1, -0.05) is 0 Å². The molecule has 1 aromatic carbocycles. The summed E-state index contributed by atoms with van der Waals surface area (Å²) in [6, 6.07) is 5.64. The zero-order valence-corrected chi connectivity index (χ0v) is 10.6. The van der Waals surface area contributed by atoms with Crippen LogP contribution in [0.3, 0.4) is 0 Å². The Morgan fingerprint density at radius 1 is 1.06 bits per heavy atom. The summed E-state index contributed by atoms with van der Waals surface area (Å²) >= 11 is 0. The Bertz CT molecular complexity index is 526. The minimum absolute atomic E-state index is 0.589. The van der Waals surface area contributed by atoms with Gasteiger partial charge in [-0.15, -0.1) is 0 Å². The highest BCUT2D eigenvalue weighted by molar-refractivity contribution is 5.70. The molecule has 94 valence electrons. The molecule has 0 aliphatic carbocycles. The van der Waals surface area contributed by atoms with E-state index in [1.807, 2.05) is 18.2 Å². The molecule has 1 heterocycles. The van der Waals surface area contributed by atoms with Crippen LogP contribution in [-0.4, -0.2) is 31.2 Å². The van der Waals surface area contributed by atoms with Crippen molar-refractivity contribution in [2.45, 2.75) is 0 Å². The number of nitrogens with zero attached hydrogens (tertiary/aromatic N) is 2. The molecule has 2 aromatic rings. The molecule has 0 aliphatic rings. The first-order valence-corrected chi connectivity index (χ1v) is 5.50. The van der Waals surface area contributed by atoms with E-state index in [1.165, 1.54) is 0 Å². The largest absolute Gasteiger partial charge is 0.497 e. The molecule has 2 rings (SSSR count). The van der Waals surface area contributed by atoms with Gasteiger partial charge in [-0.2, -0.15) is 0 Å². The first kappa shape index (κ1) is 12.2. The maximum Gasteiger partial charge on any atom is 0.222 e. The molecule has 0 aliphatic heterocycles. The van der Waals surface area contributed by atoms with Crippen molar-refractivity contribution >= 4 is 5.95 Å². The Morgan fingerprint density at radius 3 is 2.33 bits per heavy atom. The highest BCUT2D eigenvalue weighted by atomic mass is 16.5. The number of nitrogens with one attached hydrogen (secondary N) is 1. The number of rotatable bonds is 4. The lowest BCUT2D eigenvalue weighted by Crippen LogP contribution is -1.96. The Kier molecular flexibility index (Phi) is 3.62. The lowest BCUT2D eigenvalue weighted by Gasteiger charge is -2.10. The number of anilines is 1. The predicted octanol–water partition coefficient (Wildman–Crippen LogP) is 2.20. The van der Waals surface area contributed by atoms with Crippen molar-refractivity contribution in [2.75, 3.05) is 26.6 Å². The average Bonchev–Trinajstić information content (AvgIpc) is 2.46. The van der Waals surface area contributed by atoms with Gasteiger partial charge in [-0.05, 0) is 12.1 Å². The second kappa shape index (κ2) is 5.35. The Hall–Kier alpha value is -2.30. The highest BCUT2D eigenvalue weighted by Gasteiger charge is 2.08. The summed E-state index contributed by atoms with van der Waals surface area (Å²) in [5, 5.41) is 2.88. The number of hydrogen-bond donors (Lipinski definition) is 1. The molecule has 5 nitrogen and oxygen atoms in total. The molecule has 5 heteroatoms. The smallest absolute Gasteiger partial charge is 0.222 e. The quantitative estimate of drug-likeness (QED) is 0.895. The van der Waals surface area contributed by atoms with Crippen LogP contribution >= 0.6 is 0 Å². The highest BCUT2D eigenvalue weighted by Crippen LogP contribution is 2.32. The lowest BCUT2D eigenvalue weighted by atomic mass is 10.1. The van der Waals surface area contributed by atoms with Gasteiger partial charge in [0.05, 0.1) is 14.2 Å². The molecular formula is C13H15N3O2. The first-order valence-electron chi connectivity index (χ1n) is 5.50. The van der Waals surface area contributed by atoms with Crippen molar-refractivity contribution in [3.05, 3.63) is 30.6 Å². The molecule has 0 atom stereocenters. The van der Waals surface area contributed by atoms with Gasteiger partial charge in [-0.25, -0.2) is 9.97 Å². The van der Waals surface area contributed by atoms with Crippen molar-refractivity contribution in [1.82, 2.24) is 9.97 Å². The molecule has 0 amide bonds. The fraction of sp³-hybridized carbons (Fsp3) is 0.231. The van der Waals surface area contributed by atoms with Gasteiger partial charge >= 0.3 is 0 Å². The maximum absolute atomic E-state index is 5.35. The molecule has 0 spiro atoms. The minimum atomic E-state index is 0.589. The van der Waals surface area contributed by atoms with E-state index in [-0.39, 0.29) is 0 Å². The molecule has 0 unspecified atom stereocenters. The van der Waals surface area contributed by atoms with E-state index >= 15 is 0 Å². The summed E-state index contributed by atoms with van der Waals surface area (Å²) in [6.07, 6.45) is 3.51. The molecule has 1 N–H and O–H groups in total. The standard InChI is InChI=1S/C13H15N3O2/c1-14-13-15-7-9(8-16-13)11-5-4-10(17-2)6-12(11)18-3/h4-8H,1-3H3,(H,14,15,16). The summed E-state index contributed by atoms with van der Waals surface area (Å²) in [7, 11) is 5.03. The van der Waals surface area contributed by atoms with E-state index in [1.54, 1.807) is 33.7 Å². The van der Waals surface area contributed by atoms with E-state index < -0.39 is 0 Å². The summed E-state index contributed by atoms with van der Waals surface area (Å²) in [4.78, 5) is 8.37. The van der Waals surface area contributed by atoms with Crippen molar-refractivity contribution < 1.29 is 9.47 Å². The van der Waals surface area contributed by atoms with Crippen LogP contribution in [0.1, 0.15) is 0 Å². The van der Waals surface area contributed by atoms with E-state index in [0.29, 0.717) is 5.95 Å². The number of hydrogen-bond acceptors (Lipinski definition) is 5. The van der Waals surface area contributed by atoms with Crippen molar-refractivity contribution in [2.24, 2.45) is 0 Å².